The van der Waals surface area contributed by atoms with Gasteiger partial charge in [-0.3, -0.25) is 30.4 Å². The van der Waals surface area contributed by atoms with Crippen LogP contribution in [0.15, 0.2) is 23.3 Å². The molecule has 12 nitrogen and oxygen atoms in total. The molecule has 0 saturated heterocycles. The molecule has 1 aromatic rings. The average molecular weight is 340 g/mol. The summed E-state index contributed by atoms with van der Waals surface area (Å²) in [6.07, 6.45) is -0.673. The molecule has 12 heteroatoms. The first-order valence-electron chi connectivity index (χ1n) is 6.31. The molecule has 0 saturated carbocycles. The number of rotatable bonds is 8. The van der Waals surface area contributed by atoms with Gasteiger partial charge < -0.3 is 9.84 Å². The first kappa shape index (κ1) is 18.5. The van der Waals surface area contributed by atoms with Gasteiger partial charge in [0.05, 0.1) is 29.4 Å². The van der Waals surface area contributed by atoms with Crippen LogP contribution >= 0.6 is 0 Å². The topological polar surface area (TPSA) is 174 Å². The highest BCUT2D eigenvalue weighted by molar-refractivity contribution is 6.36. The van der Waals surface area contributed by atoms with E-state index < -0.39 is 39.6 Å². The maximum Gasteiger partial charge on any atom is 0.354 e. The first-order chi connectivity index (χ1) is 11.3. The first-order valence-corrected chi connectivity index (χ1v) is 6.31. The number of benzene rings is 1. The molecule has 0 fully saturated rings. The Morgan fingerprint density at radius 3 is 2.42 bits per heavy atom. The molecular weight excluding hydrogens is 328 g/mol. The third-order valence-corrected chi connectivity index (χ3v) is 2.70. The maximum absolute atomic E-state index is 11.5. The van der Waals surface area contributed by atoms with Gasteiger partial charge in [-0.2, -0.15) is 5.10 Å². The number of anilines is 1. The van der Waals surface area contributed by atoms with Crippen molar-refractivity contribution in [2.24, 2.45) is 5.10 Å². The molecule has 1 aromatic carbocycles. The van der Waals surface area contributed by atoms with Crippen LogP contribution in [-0.4, -0.2) is 39.7 Å². The molecule has 0 bridgehead atoms. The Hall–Kier alpha value is -3.57. The number of hydrogen-bond donors (Lipinski definition) is 2. The van der Waals surface area contributed by atoms with E-state index in [1.807, 2.05) is 0 Å². The van der Waals surface area contributed by atoms with Gasteiger partial charge in [0, 0.05) is 12.5 Å². The molecular formula is C12H12N4O8. The molecule has 0 aromatic heterocycles. The van der Waals surface area contributed by atoms with Crippen molar-refractivity contribution < 1.29 is 29.3 Å². The third kappa shape index (κ3) is 5.01. The molecule has 0 aliphatic rings. The lowest BCUT2D eigenvalue weighted by Crippen LogP contribution is -2.19. The lowest BCUT2D eigenvalue weighted by molar-refractivity contribution is -0.393. The van der Waals surface area contributed by atoms with Crippen LogP contribution < -0.4 is 5.43 Å². The summed E-state index contributed by atoms with van der Waals surface area (Å²) in [7, 11) is 1.06. The van der Waals surface area contributed by atoms with Crippen molar-refractivity contribution in [3.05, 3.63) is 38.4 Å². The van der Waals surface area contributed by atoms with Crippen molar-refractivity contribution in [2.75, 3.05) is 12.5 Å². The molecule has 0 spiro atoms. The number of non-ortho nitro benzene ring substituents is 1. The smallest absolute Gasteiger partial charge is 0.354 e. The van der Waals surface area contributed by atoms with Crippen LogP contribution in [-0.2, 0) is 14.3 Å². The highest BCUT2D eigenvalue weighted by atomic mass is 16.6. The van der Waals surface area contributed by atoms with E-state index in [2.05, 4.69) is 15.3 Å². The van der Waals surface area contributed by atoms with Crippen molar-refractivity contribution in [1.29, 1.82) is 0 Å². The van der Waals surface area contributed by atoms with Crippen molar-refractivity contribution in [1.82, 2.24) is 0 Å². The van der Waals surface area contributed by atoms with Gasteiger partial charge in [0.2, 0.25) is 0 Å². The fourth-order valence-corrected chi connectivity index (χ4v) is 1.55. The van der Waals surface area contributed by atoms with Crippen molar-refractivity contribution in [2.45, 2.75) is 12.8 Å². The minimum absolute atomic E-state index is 0.206. The number of aliphatic carboxylic acids is 1. The van der Waals surface area contributed by atoms with E-state index in [9.17, 15) is 29.8 Å². The molecule has 0 amide bonds. The average Bonchev–Trinajstić information content (AvgIpc) is 2.53. The van der Waals surface area contributed by atoms with Gasteiger partial charge in [0.25, 0.3) is 5.69 Å². The van der Waals surface area contributed by atoms with E-state index >= 15 is 0 Å². The number of carboxylic acids is 1. The highest BCUT2D eigenvalue weighted by Gasteiger charge is 2.20. The second kappa shape index (κ2) is 8.17. The summed E-state index contributed by atoms with van der Waals surface area (Å²) >= 11 is 0. The van der Waals surface area contributed by atoms with Crippen molar-refractivity contribution in [3.8, 4) is 0 Å². The molecule has 2 N–H and O–H groups in total. The Balaban J connectivity index is 3.11. The third-order valence-electron chi connectivity index (χ3n) is 2.70. The summed E-state index contributed by atoms with van der Waals surface area (Å²) in [4.78, 5) is 42.0. The fraction of sp³-hybridized carbons (Fsp3) is 0.250. The van der Waals surface area contributed by atoms with Crippen molar-refractivity contribution >= 4 is 34.7 Å². The van der Waals surface area contributed by atoms with Crippen LogP contribution in [0.1, 0.15) is 12.8 Å². The molecule has 128 valence electrons. The van der Waals surface area contributed by atoms with E-state index in [-0.39, 0.29) is 17.8 Å². The lowest BCUT2D eigenvalue weighted by atomic mass is 10.2. The summed E-state index contributed by atoms with van der Waals surface area (Å²) < 4.78 is 4.44. The number of carbonyl (C=O) groups excluding carboxylic acids is 1. The highest BCUT2D eigenvalue weighted by Crippen LogP contribution is 2.28. The number of hydrogen-bond acceptors (Lipinski definition) is 9. The molecule has 1 rings (SSSR count). The summed E-state index contributed by atoms with van der Waals surface area (Å²) in [5.74, 6) is -2.08. The molecule has 0 heterocycles. The number of esters is 1. The molecule has 0 atom stereocenters. The maximum atomic E-state index is 11.5. The van der Waals surface area contributed by atoms with E-state index in [1.54, 1.807) is 0 Å². The zero-order chi connectivity index (χ0) is 18.3. The number of nitrogens with zero attached hydrogens (tertiary/aromatic N) is 3. The van der Waals surface area contributed by atoms with Gasteiger partial charge in [-0.1, -0.05) is 0 Å². The monoisotopic (exact) mass is 340 g/mol. The number of methoxy groups -OCH3 is 1. The van der Waals surface area contributed by atoms with Gasteiger partial charge in [-0.15, -0.1) is 0 Å². The Labute approximate surface area is 134 Å². The number of nitrogens with one attached hydrogen (secondary N) is 1. The van der Waals surface area contributed by atoms with Crippen LogP contribution in [0.3, 0.4) is 0 Å². The van der Waals surface area contributed by atoms with E-state index in [0.717, 1.165) is 25.3 Å². The van der Waals surface area contributed by atoms with E-state index in [1.165, 1.54) is 0 Å². The molecule has 24 heavy (non-hydrogen) atoms. The summed E-state index contributed by atoms with van der Waals surface area (Å²) in [5.41, 5.74) is 0.605. The minimum Gasteiger partial charge on any atom is -0.481 e. The van der Waals surface area contributed by atoms with Crippen LogP contribution in [0.5, 0.6) is 0 Å². The number of carboxylic acid groups (broad SMARTS) is 1. The summed E-state index contributed by atoms with van der Waals surface area (Å²) in [6, 6.07) is 2.79. The van der Waals surface area contributed by atoms with Crippen LogP contribution in [0, 0.1) is 20.2 Å². The quantitative estimate of drug-likeness (QED) is 0.306. The van der Waals surface area contributed by atoms with Crippen LogP contribution in [0.2, 0.25) is 0 Å². The molecule has 0 unspecified atom stereocenters. The largest absolute Gasteiger partial charge is 0.481 e. The predicted octanol–water partition coefficient (Wildman–Crippen LogP) is 1.31. The Morgan fingerprint density at radius 2 is 1.92 bits per heavy atom. The van der Waals surface area contributed by atoms with Gasteiger partial charge >= 0.3 is 17.6 Å². The Bertz CT molecular complexity index is 715. The van der Waals surface area contributed by atoms with E-state index in [4.69, 9.17) is 5.11 Å². The van der Waals surface area contributed by atoms with Gasteiger partial charge in [-0.25, -0.2) is 4.79 Å². The number of nitro groups is 2. The van der Waals surface area contributed by atoms with Crippen LogP contribution in [0.25, 0.3) is 0 Å². The Kier molecular flexibility index (Phi) is 6.29. The molecule has 0 radical (unpaired) electrons. The minimum atomic E-state index is -1.17. The number of ether oxygens (including phenoxy) is 1. The second-order valence-corrected chi connectivity index (χ2v) is 4.27. The van der Waals surface area contributed by atoms with Gasteiger partial charge in [-0.05, 0) is 6.07 Å². The number of hydrazone groups is 1. The summed E-state index contributed by atoms with van der Waals surface area (Å²) in [5, 5.41) is 33.8. The zero-order valence-corrected chi connectivity index (χ0v) is 12.3. The van der Waals surface area contributed by atoms with Gasteiger partial charge in [0.15, 0.2) is 0 Å². The second-order valence-electron chi connectivity index (χ2n) is 4.27. The van der Waals surface area contributed by atoms with Crippen LogP contribution in [0.4, 0.5) is 17.1 Å². The number of carbonyl (C=O) groups is 2. The Morgan fingerprint density at radius 1 is 1.25 bits per heavy atom. The molecule has 0 aliphatic carbocycles. The predicted molar refractivity (Wildman–Crippen MR) is 79.7 cm³/mol. The SMILES string of the molecule is COC(=O)/C(CCC(=O)O)=N/Nc1ccc([N+](=O)[O-])cc1[N+](=O)[O-]. The van der Waals surface area contributed by atoms with Crippen molar-refractivity contribution in [3.63, 3.8) is 0 Å². The summed E-state index contributed by atoms with van der Waals surface area (Å²) in [6.45, 7) is 0. The zero-order valence-electron chi connectivity index (χ0n) is 12.3. The number of nitro benzene ring substituents is 2. The molecule has 0 aliphatic heterocycles. The standard InChI is InChI=1S/C12H12N4O8/c1-24-12(19)9(4-5-11(17)18)14-13-8-3-2-7(15(20)21)6-10(8)16(22)23/h2-3,6,13H,4-5H2,1H3,(H,17,18)/b14-9+. The normalized spacial score (nSPS) is 10.8. The van der Waals surface area contributed by atoms with E-state index in [0.29, 0.717) is 0 Å². The van der Waals surface area contributed by atoms with Gasteiger partial charge in [0.1, 0.15) is 11.4 Å². The fourth-order valence-electron chi connectivity index (χ4n) is 1.55. The lowest BCUT2D eigenvalue weighted by Gasteiger charge is -2.05.